The molecule has 0 aliphatic carbocycles. The van der Waals surface area contributed by atoms with E-state index in [4.69, 9.17) is 5.73 Å². The zero-order valence-electron chi connectivity index (χ0n) is 8.59. The minimum absolute atomic E-state index is 0.675. The van der Waals surface area contributed by atoms with Crippen LogP contribution >= 0.6 is 0 Å². The molecule has 5 nitrogen and oxygen atoms in total. The van der Waals surface area contributed by atoms with E-state index in [0.29, 0.717) is 12.2 Å². The molecule has 0 fully saturated rings. The van der Waals surface area contributed by atoms with Crippen molar-refractivity contribution in [1.29, 1.82) is 0 Å². The van der Waals surface area contributed by atoms with Crippen LogP contribution in [0.4, 0.5) is 5.69 Å². The number of fused-ring (bicyclic) bond motifs is 1. The fraction of sp³-hybridized carbons (Fsp3) is 0.0909. The molecule has 80 valence electrons. The van der Waals surface area contributed by atoms with E-state index in [0.717, 1.165) is 16.9 Å². The smallest absolute Gasteiger partial charge is 0.127 e. The highest BCUT2D eigenvalue weighted by molar-refractivity contribution is 5.86. The number of aromatic nitrogens is 4. The van der Waals surface area contributed by atoms with Crippen molar-refractivity contribution in [3.8, 4) is 0 Å². The molecule has 1 aromatic carbocycles. The molecule has 0 aliphatic heterocycles. The average Bonchev–Trinajstić information content (AvgIpc) is 2.88. The van der Waals surface area contributed by atoms with Crippen LogP contribution in [-0.2, 0) is 6.54 Å². The van der Waals surface area contributed by atoms with Crippen LogP contribution in [0.15, 0.2) is 36.9 Å². The Morgan fingerprint density at radius 1 is 1.38 bits per heavy atom. The number of para-hydroxylation sites is 1. The molecule has 5 heteroatoms. The summed E-state index contributed by atoms with van der Waals surface area (Å²) in [5.41, 5.74) is 8.34. The molecule has 0 spiro atoms. The van der Waals surface area contributed by atoms with Gasteiger partial charge < -0.3 is 15.3 Å². The SMILES string of the molecule is Nc1cccc2[nH]c(Cn3ccnc3)nc12. The molecule has 0 saturated heterocycles. The molecule has 3 N–H and O–H groups in total. The van der Waals surface area contributed by atoms with Crippen LogP contribution < -0.4 is 5.73 Å². The Hall–Kier alpha value is -2.30. The number of anilines is 1. The van der Waals surface area contributed by atoms with Gasteiger partial charge in [0.15, 0.2) is 0 Å². The van der Waals surface area contributed by atoms with Gasteiger partial charge in [0.05, 0.1) is 24.1 Å². The predicted octanol–water partition coefficient (Wildman–Crippen LogP) is 1.39. The van der Waals surface area contributed by atoms with Crippen LogP contribution in [0, 0.1) is 0 Å². The summed E-state index contributed by atoms with van der Waals surface area (Å²) in [5.74, 6) is 0.880. The summed E-state index contributed by atoms with van der Waals surface area (Å²) in [5, 5.41) is 0. The van der Waals surface area contributed by atoms with Crippen molar-refractivity contribution in [3.63, 3.8) is 0 Å². The Labute approximate surface area is 91.9 Å². The Morgan fingerprint density at radius 3 is 3.06 bits per heavy atom. The van der Waals surface area contributed by atoms with Crippen molar-refractivity contribution in [3.05, 3.63) is 42.7 Å². The van der Waals surface area contributed by atoms with Gasteiger partial charge in [0.2, 0.25) is 0 Å². The summed E-state index contributed by atoms with van der Waals surface area (Å²) in [7, 11) is 0. The van der Waals surface area contributed by atoms with Gasteiger partial charge in [-0.3, -0.25) is 0 Å². The lowest BCUT2D eigenvalue weighted by molar-refractivity contribution is 0.758. The van der Waals surface area contributed by atoms with E-state index in [-0.39, 0.29) is 0 Å². The number of aromatic amines is 1. The summed E-state index contributed by atoms with van der Waals surface area (Å²) in [6.07, 6.45) is 5.41. The van der Waals surface area contributed by atoms with Crippen molar-refractivity contribution < 1.29 is 0 Å². The highest BCUT2D eigenvalue weighted by Gasteiger charge is 2.05. The molecule has 3 rings (SSSR count). The molecular formula is C11H11N5. The van der Waals surface area contributed by atoms with E-state index in [9.17, 15) is 0 Å². The van der Waals surface area contributed by atoms with Gasteiger partial charge in [-0.25, -0.2) is 9.97 Å². The van der Waals surface area contributed by atoms with Crippen molar-refractivity contribution >= 4 is 16.7 Å². The Balaban J connectivity index is 2.02. The molecule has 0 atom stereocenters. The first kappa shape index (κ1) is 8.96. The standard InChI is InChI=1S/C11H11N5/c12-8-2-1-3-9-11(8)15-10(14-9)6-16-5-4-13-7-16/h1-5,7H,6,12H2,(H,14,15). The number of nitrogens with one attached hydrogen (secondary N) is 1. The summed E-state index contributed by atoms with van der Waals surface area (Å²) in [6, 6.07) is 5.73. The molecule has 2 heterocycles. The molecular weight excluding hydrogens is 202 g/mol. The molecule has 0 amide bonds. The second kappa shape index (κ2) is 3.37. The van der Waals surface area contributed by atoms with Crippen LogP contribution in [-0.4, -0.2) is 19.5 Å². The second-order valence-corrected chi connectivity index (χ2v) is 3.66. The monoisotopic (exact) mass is 213 g/mol. The Kier molecular flexibility index (Phi) is 1.89. The zero-order chi connectivity index (χ0) is 11.0. The summed E-state index contributed by atoms with van der Waals surface area (Å²) >= 11 is 0. The highest BCUT2D eigenvalue weighted by Crippen LogP contribution is 2.18. The maximum atomic E-state index is 5.84. The van der Waals surface area contributed by atoms with Crippen molar-refractivity contribution in [2.24, 2.45) is 0 Å². The first-order valence-electron chi connectivity index (χ1n) is 5.02. The molecule has 0 saturated carbocycles. The van der Waals surface area contributed by atoms with E-state index >= 15 is 0 Å². The summed E-state index contributed by atoms with van der Waals surface area (Å²) in [4.78, 5) is 11.7. The van der Waals surface area contributed by atoms with Crippen molar-refractivity contribution in [2.75, 3.05) is 5.73 Å². The molecule has 2 aromatic heterocycles. The number of imidazole rings is 2. The van der Waals surface area contributed by atoms with Crippen LogP contribution in [0.3, 0.4) is 0 Å². The molecule has 3 aromatic rings. The number of nitrogens with zero attached hydrogens (tertiary/aromatic N) is 3. The van der Waals surface area contributed by atoms with E-state index in [1.54, 1.807) is 12.5 Å². The van der Waals surface area contributed by atoms with Gasteiger partial charge in [-0.05, 0) is 12.1 Å². The van der Waals surface area contributed by atoms with Crippen LogP contribution in [0.5, 0.6) is 0 Å². The summed E-state index contributed by atoms with van der Waals surface area (Å²) in [6.45, 7) is 0.675. The van der Waals surface area contributed by atoms with E-state index in [1.807, 2.05) is 29.0 Å². The van der Waals surface area contributed by atoms with Crippen LogP contribution in [0.25, 0.3) is 11.0 Å². The van der Waals surface area contributed by atoms with Crippen LogP contribution in [0.1, 0.15) is 5.82 Å². The summed E-state index contributed by atoms with van der Waals surface area (Å²) < 4.78 is 1.95. The molecule has 0 unspecified atom stereocenters. The fourth-order valence-corrected chi connectivity index (χ4v) is 1.73. The van der Waals surface area contributed by atoms with E-state index in [2.05, 4.69) is 15.0 Å². The number of H-pyrrole nitrogens is 1. The number of benzene rings is 1. The lowest BCUT2D eigenvalue weighted by atomic mass is 10.3. The number of nitrogens with two attached hydrogens (primary N) is 1. The minimum Gasteiger partial charge on any atom is -0.397 e. The lowest BCUT2D eigenvalue weighted by Gasteiger charge is -1.96. The maximum Gasteiger partial charge on any atom is 0.127 e. The Morgan fingerprint density at radius 2 is 2.31 bits per heavy atom. The van der Waals surface area contributed by atoms with Gasteiger partial charge in [0.25, 0.3) is 0 Å². The van der Waals surface area contributed by atoms with Gasteiger partial charge in [-0.15, -0.1) is 0 Å². The third-order valence-electron chi connectivity index (χ3n) is 2.48. The number of hydrogen-bond acceptors (Lipinski definition) is 3. The van der Waals surface area contributed by atoms with Gasteiger partial charge in [-0.1, -0.05) is 6.07 Å². The molecule has 0 aliphatic rings. The molecule has 0 bridgehead atoms. The van der Waals surface area contributed by atoms with Gasteiger partial charge in [-0.2, -0.15) is 0 Å². The van der Waals surface area contributed by atoms with Gasteiger partial charge >= 0.3 is 0 Å². The van der Waals surface area contributed by atoms with Gasteiger partial charge in [0.1, 0.15) is 11.3 Å². The number of hydrogen-bond donors (Lipinski definition) is 2. The molecule has 16 heavy (non-hydrogen) atoms. The largest absolute Gasteiger partial charge is 0.397 e. The zero-order valence-corrected chi connectivity index (χ0v) is 8.59. The fourth-order valence-electron chi connectivity index (χ4n) is 1.73. The second-order valence-electron chi connectivity index (χ2n) is 3.66. The topological polar surface area (TPSA) is 72.5 Å². The van der Waals surface area contributed by atoms with Crippen molar-refractivity contribution in [1.82, 2.24) is 19.5 Å². The highest BCUT2D eigenvalue weighted by atomic mass is 15.1. The molecule has 0 radical (unpaired) electrons. The third kappa shape index (κ3) is 1.42. The van der Waals surface area contributed by atoms with Crippen LogP contribution in [0.2, 0.25) is 0 Å². The van der Waals surface area contributed by atoms with Crippen molar-refractivity contribution in [2.45, 2.75) is 6.54 Å². The predicted molar refractivity (Wildman–Crippen MR) is 61.8 cm³/mol. The maximum absolute atomic E-state index is 5.84. The number of nitrogen functional groups attached to an aromatic ring is 1. The normalized spacial score (nSPS) is 11.0. The van der Waals surface area contributed by atoms with Gasteiger partial charge in [0, 0.05) is 12.4 Å². The first-order valence-corrected chi connectivity index (χ1v) is 5.02. The van der Waals surface area contributed by atoms with E-state index in [1.165, 1.54) is 0 Å². The first-order chi connectivity index (χ1) is 7.83. The van der Waals surface area contributed by atoms with E-state index < -0.39 is 0 Å². The number of rotatable bonds is 2. The average molecular weight is 213 g/mol. The third-order valence-corrected chi connectivity index (χ3v) is 2.48. The Bertz CT molecular complexity index is 608. The quantitative estimate of drug-likeness (QED) is 0.632. The lowest BCUT2D eigenvalue weighted by Crippen LogP contribution is -1.98. The minimum atomic E-state index is 0.675.